The first-order valence-electron chi connectivity index (χ1n) is 11.5. The van der Waals surface area contributed by atoms with Crippen molar-refractivity contribution in [3.05, 3.63) is 54.9 Å². The van der Waals surface area contributed by atoms with Crippen molar-refractivity contribution in [2.24, 2.45) is 0 Å². The molecule has 5 aromatic rings. The first kappa shape index (κ1) is 21.3. The molecule has 1 saturated heterocycles. The van der Waals surface area contributed by atoms with Gasteiger partial charge in [-0.1, -0.05) is 0 Å². The second-order valence-corrected chi connectivity index (χ2v) is 8.58. The van der Waals surface area contributed by atoms with Gasteiger partial charge in [0.2, 0.25) is 5.95 Å². The van der Waals surface area contributed by atoms with E-state index >= 15 is 0 Å². The van der Waals surface area contributed by atoms with E-state index in [9.17, 15) is 0 Å². The molecule has 11 nitrogen and oxygen atoms in total. The maximum absolute atomic E-state index is 5.32. The van der Waals surface area contributed by atoms with Gasteiger partial charge in [-0.3, -0.25) is 9.55 Å². The van der Waals surface area contributed by atoms with Crippen molar-refractivity contribution in [1.82, 2.24) is 39.4 Å². The van der Waals surface area contributed by atoms with Gasteiger partial charge in [-0.15, -0.1) is 0 Å². The lowest BCUT2D eigenvalue weighted by molar-refractivity contribution is 0.311. The number of likely N-dealkylation sites (N-methyl/N-ethyl adjacent to an activating group) is 1. The molecule has 1 aromatic carbocycles. The fourth-order valence-electron chi connectivity index (χ4n) is 4.26. The van der Waals surface area contributed by atoms with Gasteiger partial charge < -0.3 is 24.8 Å². The van der Waals surface area contributed by atoms with Gasteiger partial charge in [-0.25, -0.2) is 9.97 Å². The van der Waals surface area contributed by atoms with Crippen LogP contribution in [0.5, 0.6) is 5.75 Å². The van der Waals surface area contributed by atoms with Crippen molar-refractivity contribution in [1.29, 1.82) is 0 Å². The third-order valence-corrected chi connectivity index (χ3v) is 6.26. The summed E-state index contributed by atoms with van der Waals surface area (Å²) < 4.78 is 7.27. The number of anilines is 2. The molecule has 5 heterocycles. The molecule has 0 bridgehead atoms. The van der Waals surface area contributed by atoms with Crippen LogP contribution in [-0.2, 0) is 6.54 Å². The summed E-state index contributed by atoms with van der Waals surface area (Å²) in [5.41, 5.74) is 4.14. The molecule has 4 aromatic heterocycles. The molecule has 1 aliphatic heterocycles. The van der Waals surface area contributed by atoms with Crippen LogP contribution >= 0.6 is 0 Å². The van der Waals surface area contributed by atoms with Crippen LogP contribution in [0.1, 0.15) is 5.82 Å². The van der Waals surface area contributed by atoms with Crippen LogP contribution in [0.25, 0.3) is 27.9 Å². The zero-order chi connectivity index (χ0) is 23.8. The highest BCUT2D eigenvalue weighted by Gasteiger charge is 2.21. The minimum atomic E-state index is 0.463. The quantitative estimate of drug-likeness (QED) is 0.386. The van der Waals surface area contributed by atoms with E-state index in [1.165, 1.54) is 0 Å². The van der Waals surface area contributed by atoms with Gasteiger partial charge >= 0.3 is 0 Å². The summed E-state index contributed by atoms with van der Waals surface area (Å²) in [5.74, 6) is 2.95. The first-order valence-corrected chi connectivity index (χ1v) is 11.5. The van der Waals surface area contributed by atoms with Gasteiger partial charge in [0.15, 0.2) is 17.0 Å². The molecule has 0 spiro atoms. The lowest BCUT2D eigenvalue weighted by atomic mass is 10.3. The highest BCUT2D eigenvalue weighted by atomic mass is 16.5. The summed E-state index contributed by atoms with van der Waals surface area (Å²) in [5, 5.41) is 3.44. The molecule has 6 rings (SSSR count). The number of H-pyrrole nitrogens is 1. The van der Waals surface area contributed by atoms with Gasteiger partial charge in [0.1, 0.15) is 17.9 Å². The minimum absolute atomic E-state index is 0.463. The largest absolute Gasteiger partial charge is 0.497 e. The van der Waals surface area contributed by atoms with E-state index in [0.717, 1.165) is 60.1 Å². The molecule has 1 aliphatic rings. The van der Waals surface area contributed by atoms with Gasteiger partial charge in [0.25, 0.3) is 0 Å². The third-order valence-electron chi connectivity index (χ3n) is 6.26. The highest BCUT2D eigenvalue weighted by molar-refractivity contribution is 5.85. The second-order valence-electron chi connectivity index (χ2n) is 8.58. The normalized spacial score (nSPS) is 14.6. The van der Waals surface area contributed by atoms with Crippen LogP contribution in [0, 0.1) is 0 Å². The zero-order valence-corrected chi connectivity index (χ0v) is 19.6. The summed E-state index contributed by atoms with van der Waals surface area (Å²) in [6, 6.07) is 9.68. The highest BCUT2D eigenvalue weighted by Crippen LogP contribution is 2.26. The minimum Gasteiger partial charge on any atom is -0.497 e. The van der Waals surface area contributed by atoms with Crippen LogP contribution in [-0.4, -0.2) is 79.7 Å². The lowest BCUT2D eigenvalue weighted by Gasteiger charge is -2.32. The molecular formula is C24H26N10O. The van der Waals surface area contributed by atoms with E-state index in [2.05, 4.69) is 42.1 Å². The number of rotatable bonds is 6. The Labute approximate surface area is 201 Å². The molecule has 1 fully saturated rings. The predicted molar refractivity (Wildman–Crippen MR) is 134 cm³/mol. The van der Waals surface area contributed by atoms with Crippen molar-refractivity contribution in [3.63, 3.8) is 0 Å². The summed E-state index contributed by atoms with van der Waals surface area (Å²) in [4.78, 5) is 31.3. The monoisotopic (exact) mass is 470 g/mol. The van der Waals surface area contributed by atoms with E-state index in [4.69, 9.17) is 14.7 Å². The predicted octanol–water partition coefficient (Wildman–Crippen LogP) is 2.46. The number of hydrogen-bond acceptors (Lipinski definition) is 9. The number of imidazole rings is 2. The van der Waals surface area contributed by atoms with Crippen molar-refractivity contribution < 1.29 is 4.74 Å². The summed E-state index contributed by atoms with van der Waals surface area (Å²) in [7, 11) is 3.79. The summed E-state index contributed by atoms with van der Waals surface area (Å²) in [6.07, 6.45) is 5.32. The van der Waals surface area contributed by atoms with Crippen LogP contribution < -0.4 is 15.0 Å². The number of methoxy groups -OCH3 is 1. The number of aromatic nitrogens is 7. The van der Waals surface area contributed by atoms with Gasteiger partial charge in [-0.2, -0.15) is 9.97 Å². The van der Waals surface area contributed by atoms with Crippen LogP contribution in [0.3, 0.4) is 0 Å². The second kappa shape index (κ2) is 8.84. The number of hydrogen-bond donors (Lipinski definition) is 2. The molecule has 0 radical (unpaired) electrons. The zero-order valence-electron chi connectivity index (χ0n) is 19.6. The topological polar surface area (TPSA) is 113 Å². The Bertz CT molecular complexity index is 1470. The molecule has 2 N–H and O–H groups in total. The van der Waals surface area contributed by atoms with Crippen molar-refractivity contribution >= 4 is 34.0 Å². The third kappa shape index (κ3) is 4.10. The Balaban J connectivity index is 1.36. The standard InChI is InChI=1S/C24H26N10O/c1-32-8-10-33(11-9-32)24-30-22(21-23(31-24)34(15-27-21)16-4-3-7-25-13-16)26-14-20-28-18-6-5-17(35-2)12-19(18)29-20/h3-7,12-13,15H,8-11,14H2,1-2H3,(H,28,29)(H,26,30,31). The number of ether oxygens (including phenoxy) is 1. The molecule has 0 aliphatic carbocycles. The number of piperazine rings is 1. The molecule has 11 heteroatoms. The maximum atomic E-state index is 5.32. The number of aromatic amines is 1. The van der Waals surface area contributed by atoms with Gasteiger partial charge in [0.05, 0.1) is 36.6 Å². The lowest BCUT2D eigenvalue weighted by Crippen LogP contribution is -2.45. The Morgan fingerprint density at radius 3 is 2.77 bits per heavy atom. The number of nitrogens with one attached hydrogen (secondary N) is 2. The summed E-state index contributed by atoms with van der Waals surface area (Å²) in [6.45, 7) is 4.13. The molecule has 35 heavy (non-hydrogen) atoms. The SMILES string of the molecule is COc1ccc2nc(CNc3nc(N4CCN(C)CC4)nc4c3ncn4-c3cccnc3)[nH]c2c1. The molecule has 0 saturated carbocycles. The van der Waals surface area contributed by atoms with Crippen molar-refractivity contribution in [2.45, 2.75) is 6.54 Å². The Hall–Kier alpha value is -4.25. The van der Waals surface area contributed by atoms with Crippen LogP contribution in [0.4, 0.5) is 11.8 Å². The Kier molecular flexibility index (Phi) is 5.38. The number of nitrogens with zero attached hydrogens (tertiary/aromatic N) is 8. The van der Waals surface area contributed by atoms with Gasteiger partial charge in [-0.05, 0) is 31.3 Å². The number of pyridine rings is 1. The first-order chi connectivity index (χ1) is 17.2. The van der Waals surface area contributed by atoms with Gasteiger partial charge in [0, 0.05) is 38.4 Å². The Morgan fingerprint density at radius 1 is 1.09 bits per heavy atom. The number of fused-ring (bicyclic) bond motifs is 2. The van der Waals surface area contributed by atoms with Crippen molar-refractivity contribution in [2.75, 3.05) is 50.6 Å². The van der Waals surface area contributed by atoms with E-state index < -0.39 is 0 Å². The van der Waals surface area contributed by atoms with E-state index in [0.29, 0.717) is 23.8 Å². The van der Waals surface area contributed by atoms with Crippen LogP contribution in [0.15, 0.2) is 49.1 Å². The molecule has 0 atom stereocenters. The smallest absolute Gasteiger partial charge is 0.229 e. The summed E-state index contributed by atoms with van der Waals surface area (Å²) >= 11 is 0. The number of benzene rings is 1. The maximum Gasteiger partial charge on any atom is 0.229 e. The fourth-order valence-corrected chi connectivity index (χ4v) is 4.26. The molecule has 178 valence electrons. The van der Waals surface area contributed by atoms with E-state index in [-0.39, 0.29) is 0 Å². The Morgan fingerprint density at radius 2 is 1.97 bits per heavy atom. The molecule has 0 unspecified atom stereocenters. The fraction of sp³-hybridized carbons (Fsp3) is 0.292. The van der Waals surface area contributed by atoms with E-state index in [1.807, 2.05) is 34.9 Å². The van der Waals surface area contributed by atoms with Crippen LogP contribution in [0.2, 0.25) is 0 Å². The van der Waals surface area contributed by atoms with E-state index in [1.54, 1.807) is 25.8 Å². The molecular weight excluding hydrogens is 444 g/mol. The van der Waals surface area contributed by atoms with Crippen molar-refractivity contribution in [3.8, 4) is 11.4 Å². The molecule has 0 amide bonds. The average molecular weight is 471 g/mol. The average Bonchev–Trinajstić information content (AvgIpc) is 3.51.